The van der Waals surface area contributed by atoms with Gasteiger partial charge in [-0.1, -0.05) is 29.8 Å². The van der Waals surface area contributed by atoms with Crippen LogP contribution in [0.1, 0.15) is 10.4 Å². The van der Waals surface area contributed by atoms with Crippen molar-refractivity contribution in [3.05, 3.63) is 70.5 Å². The lowest BCUT2D eigenvalue weighted by Gasteiger charge is -2.06. The highest BCUT2D eigenvalue weighted by Gasteiger charge is 2.22. The summed E-state index contributed by atoms with van der Waals surface area (Å²) in [5, 5.41) is 1.60. The molecule has 26 heavy (non-hydrogen) atoms. The quantitative estimate of drug-likeness (QED) is 0.561. The second kappa shape index (κ2) is 6.39. The van der Waals surface area contributed by atoms with E-state index in [1.165, 1.54) is 21.5 Å². The summed E-state index contributed by atoms with van der Waals surface area (Å²) in [6.07, 6.45) is 5.21. The minimum absolute atomic E-state index is 0.197. The number of rotatable bonds is 4. The summed E-state index contributed by atoms with van der Waals surface area (Å²) in [4.78, 5) is 9.42. The Bertz CT molecular complexity index is 1200. The third-order valence-electron chi connectivity index (χ3n) is 3.90. The molecule has 0 amide bonds. The van der Waals surface area contributed by atoms with Crippen molar-refractivity contribution in [1.29, 1.82) is 0 Å². The number of nitrogens with two attached hydrogens (primary N) is 1. The maximum absolute atomic E-state index is 13.1. The number of hydrogen-bond acceptors (Lipinski definition) is 6. The van der Waals surface area contributed by atoms with Crippen LogP contribution in [0.2, 0.25) is 5.02 Å². The number of halogens is 1. The van der Waals surface area contributed by atoms with Crippen molar-refractivity contribution in [2.75, 3.05) is 5.73 Å². The van der Waals surface area contributed by atoms with Crippen LogP contribution in [0, 0.1) is 0 Å². The van der Waals surface area contributed by atoms with E-state index in [1.54, 1.807) is 48.8 Å². The molecule has 2 N–H and O–H groups in total. The number of aromatic nitrogens is 3. The number of hydrogen-bond donors (Lipinski definition) is 1. The normalized spacial score (nSPS) is 11.9. The Morgan fingerprint density at radius 1 is 1.15 bits per heavy atom. The Morgan fingerprint density at radius 3 is 2.62 bits per heavy atom. The predicted octanol–water partition coefficient (Wildman–Crippen LogP) is 3.56. The zero-order valence-electron chi connectivity index (χ0n) is 13.3. The monoisotopic (exact) mass is 404 g/mol. The van der Waals surface area contributed by atoms with Gasteiger partial charge in [0.15, 0.2) is 10.8 Å². The van der Waals surface area contributed by atoms with Crippen LogP contribution in [0.4, 0.5) is 5.13 Å². The molecule has 9 heteroatoms. The molecular weight excluding hydrogens is 392 g/mol. The fourth-order valence-corrected chi connectivity index (χ4v) is 4.97. The van der Waals surface area contributed by atoms with Crippen LogP contribution in [-0.2, 0) is 16.4 Å². The minimum atomic E-state index is -3.77. The molecule has 0 unspecified atom stereocenters. The Hall–Kier alpha value is -2.42. The largest absolute Gasteiger partial charge is 0.375 e. The van der Waals surface area contributed by atoms with E-state index in [9.17, 15) is 8.42 Å². The molecule has 0 fully saturated rings. The van der Waals surface area contributed by atoms with Crippen LogP contribution < -0.4 is 5.73 Å². The lowest BCUT2D eigenvalue weighted by atomic mass is 10.1. The van der Waals surface area contributed by atoms with Crippen LogP contribution in [0.25, 0.3) is 11.0 Å². The zero-order chi connectivity index (χ0) is 18.3. The highest BCUT2D eigenvalue weighted by molar-refractivity contribution is 7.90. The molecule has 3 aromatic heterocycles. The second-order valence-electron chi connectivity index (χ2n) is 5.63. The number of anilines is 1. The molecule has 4 rings (SSSR count). The van der Waals surface area contributed by atoms with Gasteiger partial charge in [-0.2, -0.15) is 0 Å². The van der Waals surface area contributed by atoms with Gasteiger partial charge in [-0.05, 0) is 23.8 Å². The van der Waals surface area contributed by atoms with Crippen molar-refractivity contribution < 1.29 is 8.42 Å². The smallest absolute Gasteiger partial charge is 0.269 e. The summed E-state index contributed by atoms with van der Waals surface area (Å²) in [6.45, 7) is 0. The van der Waals surface area contributed by atoms with Gasteiger partial charge >= 0.3 is 0 Å². The summed E-state index contributed by atoms with van der Waals surface area (Å²) < 4.78 is 27.3. The van der Waals surface area contributed by atoms with Crippen LogP contribution in [-0.4, -0.2) is 22.4 Å². The predicted molar refractivity (Wildman–Crippen MR) is 103 cm³/mol. The Labute approximate surface area is 158 Å². The maximum atomic E-state index is 13.1. The van der Waals surface area contributed by atoms with Gasteiger partial charge in [-0.15, -0.1) is 11.3 Å². The summed E-state index contributed by atoms with van der Waals surface area (Å²) >= 11 is 7.45. The highest BCUT2D eigenvalue weighted by atomic mass is 35.5. The molecule has 0 saturated heterocycles. The number of nitrogen functional groups attached to an aromatic ring is 1. The first-order valence-corrected chi connectivity index (χ1v) is 10.2. The van der Waals surface area contributed by atoms with Crippen LogP contribution >= 0.6 is 22.9 Å². The highest BCUT2D eigenvalue weighted by Crippen LogP contribution is 2.29. The second-order valence-corrected chi connectivity index (χ2v) is 9.03. The molecule has 3 heterocycles. The first kappa shape index (κ1) is 17.0. The summed E-state index contributed by atoms with van der Waals surface area (Å²) in [5.41, 5.74) is 6.82. The molecule has 0 saturated carbocycles. The van der Waals surface area contributed by atoms with E-state index in [-0.39, 0.29) is 4.90 Å². The number of benzene rings is 1. The molecule has 4 aromatic rings. The molecule has 0 aliphatic carbocycles. The van der Waals surface area contributed by atoms with Crippen molar-refractivity contribution >= 4 is 49.1 Å². The van der Waals surface area contributed by atoms with Gasteiger partial charge in [0.25, 0.3) is 10.0 Å². The van der Waals surface area contributed by atoms with Crippen molar-refractivity contribution in [3.8, 4) is 0 Å². The molecular formula is C17H13ClN4O2S2. The molecule has 6 nitrogen and oxygen atoms in total. The third-order valence-corrected chi connectivity index (χ3v) is 6.59. The number of fused-ring (bicyclic) bond motifs is 1. The van der Waals surface area contributed by atoms with Gasteiger partial charge in [0.1, 0.15) is 0 Å². The number of thiazole rings is 1. The van der Waals surface area contributed by atoms with Crippen molar-refractivity contribution in [2.45, 2.75) is 11.3 Å². The fraction of sp³-hybridized carbons (Fsp3) is 0.0588. The van der Waals surface area contributed by atoms with Gasteiger partial charge in [-0.25, -0.2) is 22.4 Å². The molecule has 0 bridgehead atoms. The molecule has 0 radical (unpaired) electrons. The van der Waals surface area contributed by atoms with Crippen LogP contribution in [0.15, 0.2) is 59.9 Å². The lowest BCUT2D eigenvalue weighted by molar-refractivity contribution is 0.588. The average Bonchev–Trinajstić information content (AvgIpc) is 3.20. The lowest BCUT2D eigenvalue weighted by Crippen LogP contribution is -2.12. The van der Waals surface area contributed by atoms with E-state index in [0.717, 1.165) is 10.4 Å². The van der Waals surface area contributed by atoms with Crippen LogP contribution in [0.5, 0.6) is 0 Å². The van der Waals surface area contributed by atoms with E-state index in [0.29, 0.717) is 27.6 Å². The standard InChI is InChI=1S/C17H13ClN4O2S2/c18-12-7-15-11(6-13-9-21-17(19)25-13)10-22(16(15)20-8-12)26(23,24)14-4-2-1-3-5-14/h1-5,7-10H,6H2,(H2,19,21). The topological polar surface area (TPSA) is 90.9 Å². The first-order valence-electron chi connectivity index (χ1n) is 7.61. The van der Waals surface area contributed by atoms with Gasteiger partial charge in [0.05, 0.1) is 9.92 Å². The molecule has 0 atom stereocenters. The van der Waals surface area contributed by atoms with E-state index < -0.39 is 10.0 Å². The van der Waals surface area contributed by atoms with Gasteiger partial charge in [0, 0.05) is 35.3 Å². The maximum Gasteiger partial charge on any atom is 0.269 e. The van der Waals surface area contributed by atoms with E-state index >= 15 is 0 Å². The van der Waals surface area contributed by atoms with E-state index in [1.807, 2.05) is 0 Å². The van der Waals surface area contributed by atoms with Crippen molar-refractivity contribution in [1.82, 2.24) is 13.9 Å². The van der Waals surface area contributed by atoms with Gasteiger partial charge in [0.2, 0.25) is 0 Å². The Balaban J connectivity index is 1.91. The summed E-state index contributed by atoms with van der Waals surface area (Å²) in [7, 11) is -3.77. The zero-order valence-corrected chi connectivity index (χ0v) is 15.7. The Morgan fingerprint density at radius 2 is 1.92 bits per heavy atom. The summed E-state index contributed by atoms with van der Waals surface area (Å²) in [5.74, 6) is 0. The molecule has 0 aliphatic heterocycles. The Kier molecular flexibility index (Phi) is 4.18. The summed E-state index contributed by atoms with van der Waals surface area (Å²) in [6, 6.07) is 9.97. The van der Waals surface area contributed by atoms with Crippen molar-refractivity contribution in [3.63, 3.8) is 0 Å². The first-order chi connectivity index (χ1) is 12.4. The fourth-order valence-electron chi connectivity index (χ4n) is 2.74. The van der Waals surface area contributed by atoms with Gasteiger partial charge < -0.3 is 5.73 Å². The van der Waals surface area contributed by atoms with Crippen molar-refractivity contribution in [2.24, 2.45) is 0 Å². The molecule has 132 valence electrons. The molecule has 0 spiro atoms. The molecule has 1 aromatic carbocycles. The van der Waals surface area contributed by atoms with E-state index in [2.05, 4.69) is 9.97 Å². The SMILES string of the molecule is Nc1ncc(Cc2cn(S(=O)(=O)c3ccccc3)c3ncc(Cl)cc23)s1. The van der Waals surface area contributed by atoms with E-state index in [4.69, 9.17) is 17.3 Å². The van der Waals surface area contributed by atoms with Crippen LogP contribution in [0.3, 0.4) is 0 Å². The molecule has 0 aliphatic rings. The minimum Gasteiger partial charge on any atom is -0.375 e. The average molecular weight is 405 g/mol. The number of nitrogens with zero attached hydrogens (tertiary/aromatic N) is 3. The third kappa shape index (κ3) is 2.96. The van der Waals surface area contributed by atoms with Gasteiger partial charge in [-0.3, -0.25) is 0 Å². The number of pyridine rings is 1.